The zero-order valence-electron chi connectivity index (χ0n) is 14.3. The molecule has 3 unspecified atom stereocenters. The Morgan fingerprint density at radius 3 is 3.08 bits per heavy atom. The molecule has 0 aromatic carbocycles. The van der Waals surface area contributed by atoms with E-state index in [2.05, 4.69) is 28.0 Å². The van der Waals surface area contributed by atoms with Crippen molar-refractivity contribution in [1.82, 2.24) is 10.3 Å². The number of carbonyl (C=O) groups is 1. The fourth-order valence-corrected chi connectivity index (χ4v) is 5.22. The largest absolute Gasteiger partial charge is 0.487 e. The number of aromatic nitrogens is 1. The number of allylic oxidation sites excluding steroid dienone is 1. The van der Waals surface area contributed by atoms with E-state index >= 15 is 0 Å². The van der Waals surface area contributed by atoms with Gasteiger partial charge in [0.25, 0.3) is 0 Å². The third-order valence-electron chi connectivity index (χ3n) is 4.49. The van der Waals surface area contributed by atoms with Crippen molar-refractivity contribution >= 4 is 16.9 Å². The Bertz CT molecular complexity index is 664. The maximum atomic E-state index is 11.4. The highest BCUT2D eigenvalue weighted by Crippen LogP contribution is 2.48. The molecule has 0 amide bonds. The first kappa shape index (κ1) is 18.0. The number of ether oxygens (including phenoxy) is 2. The smallest absolute Gasteiger partial charge is 0.323 e. The van der Waals surface area contributed by atoms with E-state index in [9.17, 15) is 9.90 Å². The minimum absolute atomic E-state index is 0.0393. The Morgan fingerprint density at radius 2 is 2.40 bits per heavy atom. The first-order chi connectivity index (χ1) is 12.1. The van der Waals surface area contributed by atoms with Crippen molar-refractivity contribution in [3.63, 3.8) is 0 Å². The molecule has 2 aliphatic rings. The van der Waals surface area contributed by atoms with Crippen LogP contribution in [0.25, 0.3) is 0 Å². The maximum absolute atomic E-state index is 11.4. The van der Waals surface area contributed by atoms with Crippen LogP contribution in [-0.4, -0.2) is 40.7 Å². The predicted octanol–water partition coefficient (Wildman–Crippen LogP) is 2.39. The average molecular weight is 364 g/mol. The molecular weight excluding hydrogens is 340 g/mol. The van der Waals surface area contributed by atoms with Gasteiger partial charge in [-0.15, -0.1) is 0 Å². The standard InChI is InChI=1S/C18H24N2O4S/c1-12-9-15(24-17(12)16(19-2)18(21)22)25-8-6-14(11-25)23-10-13-5-3-4-7-20-13/h3-8,11-12,15-17,19,25H,9-10H2,1-2H3,(H,21,22)/t12-,15?,16?,17-/m1/s1. The number of likely N-dealkylation sites (N-methyl/N-ethyl adjacent to an activating group) is 1. The highest BCUT2D eigenvalue weighted by molar-refractivity contribution is 8.22. The Balaban J connectivity index is 1.57. The molecule has 0 saturated carbocycles. The van der Waals surface area contributed by atoms with Gasteiger partial charge in [-0.25, -0.2) is 0 Å². The van der Waals surface area contributed by atoms with E-state index in [1.807, 2.05) is 24.3 Å². The van der Waals surface area contributed by atoms with Crippen molar-refractivity contribution in [2.45, 2.75) is 37.5 Å². The molecule has 136 valence electrons. The molecule has 6 nitrogen and oxygen atoms in total. The summed E-state index contributed by atoms with van der Waals surface area (Å²) in [7, 11) is 1.06. The van der Waals surface area contributed by atoms with E-state index in [-0.39, 0.29) is 17.5 Å². The van der Waals surface area contributed by atoms with Gasteiger partial charge in [0, 0.05) is 6.20 Å². The highest BCUT2D eigenvalue weighted by atomic mass is 32.2. The molecular formula is C18H24N2O4S. The molecule has 1 saturated heterocycles. The van der Waals surface area contributed by atoms with Gasteiger partial charge in [0.2, 0.25) is 0 Å². The SMILES string of the molecule is CNC(C(=O)O)[C@@H]1OC([SH]2C=CC(OCc3ccccn3)=C2)C[C@H]1C. The number of thiol groups is 1. The molecule has 0 radical (unpaired) electrons. The van der Waals surface area contributed by atoms with Crippen molar-refractivity contribution in [2.24, 2.45) is 5.92 Å². The van der Waals surface area contributed by atoms with Crippen LogP contribution in [0.1, 0.15) is 19.0 Å². The summed E-state index contributed by atoms with van der Waals surface area (Å²) < 4.78 is 11.9. The van der Waals surface area contributed by atoms with Crippen LogP contribution in [0.5, 0.6) is 0 Å². The number of carboxylic acid groups (broad SMARTS) is 1. The number of nitrogens with zero attached hydrogens (tertiary/aromatic N) is 1. The lowest BCUT2D eigenvalue weighted by Gasteiger charge is -2.24. The fourth-order valence-electron chi connectivity index (χ4n) is 3.15. The second-order valence-electron chi connectivity index (χ2n) is 6.28. The van der Waals surface area contributed by atoms with Gasteiger partial charge in [0.05, 0.1) is 17.2 Å². The molecule has 1 aromatic rings. The molecule has 5 atom stereocenters. The summed E-state index contributed by atoms with van der Waals surface area (Å²) in [4.78, 5) is 15.6. The molecule has 25 heavy (non-hydrogen) atoms. The van der Waals surface area contributed by atoms with E-state index in [1.54, 1.807) is 13.2 Å². The van der Waals surface area contributed by atoms with Gasteiger partial charge >= 0.3 is 5.97 Å². The Labute approximate surface area is 150 Å². The lowest BCUT2D eigenvalue weighted by Crippen LogP contribution is -2.46. The lowest BCUT2D eigenvalue weighted by molar-refractivity contribution is -0.143. The quantitative estimate of drug-likeness (QED) is 0.645. The van der Waals surface area contributed by atoms with Crippen LogP contribution in [0.4, 0.5) is 0 Å². The molecule has 3 heterocycles. The van der Waals surface area contributed by atoms with Crippen molar-refractivity contribution in [1.29, 1.82) is 0 Å². The van der Waals surface area contributed by atoms with Crippen LogP contribution in [0.15, 0.2) is 47.0 Å². The van der Waals surface area contributed by atoms with Crippen molar-refractivity contribution in [3.8, 4) is 0 Å². The zero-order chi connectivity index (χ0) is 17.8. The minimum atomic E-state index is -0.871. The molecule has 3 rings (SSSR count). The number of rotatable bonds is 7. The second kappa shape index (κ2) is 8.03. The molecule has 2 aliphatic heterocycles. The molecule has 2 N–H and O–H groups in total. The summed E-state index contributed by atoms with van der Waals surface area (Å²) in [6.45, 7) is 2.49. The summed E-state index contributed by atoms with van der Waals surface area (Å²) >= 11 is 0. The Morgan fingerprint density at radius 1 is 1.56 bits per heavy atom. The predicted molar refractivity (Wildman–Crippen MR) is 98.2 cm³/mol. The van der Waals surface area contributed by atoms with E-state index in [0.717, 1.165) is 17.9 Å². The van der Waals surface area contributed by atoms with Gasteiger partial charge in [0.15, 0.2) is 0 Å². The number of pyridine rings is 1. The minimum Gasteiger partial charge on any atom is -0.487 e. The summed E-state index contributed by atoms with van der Waals surface area (Å²) in [5.41, 5.74) is 0.926. The third kappa shape index (κ3) is 4.23. The number of carboxylic acids is 1. The van der Waals surface area contributed by atoms with Gasteiger partial charge in [-0.3, -0.25) is 9.78 Å². The normalized spacial score (nSPS) is 30.9. The molecule has 0 bridgehead atoms. The molecule has 0 spiro atoms. The first-order valence-corrected chi connectivity index (χ1v) is 9.89. The van der Waals surface area contributed by atoms with E-state index in [0.29, 0.717) is 6.61 Å². The van der Waals surface area contributed by atoms with E-state index in [1.165, 1.54) is 0 Å². The van der Waals surface area contributed by atoms with Crippen molar-refractivity contribution in [2.75, 3.05) is 7.05 Å². The van der Waals surface area contributed by atoms with Crippen molar-refractivity contribution < 1.29 is 19.4 Å². The summed E-state index contributed by atoms with van der Waals surface area (Å²) in [5.74, 6) is 0.158. The number of hydrogen-bond donors (Lipinski definition) is 3. The van der Waals surface area contributed by atoms with Crippen LogP contribution in [0.3, 0.4) is 0 Å². The maximum Gasteiger partial charge on any atom is 0.323 e. The Kier molecular flexibility index (Phi) is 5.78. The topological polar surface area (TPSA) is 80.7 Å². The van der Waals surface area contributed by atoms with Crippen molar-refractivity contribution in [3.05, 3.63) is 52.7 Å². The van der Waals surface area contributed by atoms with Gasteiger partial charge in [-0.1, -0.05) is 13.0 Å². The first-order valence-electron chi connectivity index (χ1n) is 8.34. The number of nitrogens with one attached hydrogen (secondary N) is 1. The summed E-state index contributed by atoms with van der Waals surface area (Å²) in [6, 6.07) is 5.07. The van der Waals surface area contributed by atoms with Gasteiger partial charge in [-0.05, 0) is 48.4 Å². The zero-order valence-corrected chi connectivity index (χ0v) is 15.2. The highest BCUT2D eigenvalue weighted by Gasteiger charge is 2.41. The molecule has 1 fully saturated rings. The number of hydrogen-bond acceptors (Lipinski definition) is 5. The van der Waals surface area contributed by atoms with Crippen LogP contribution in [0, 0.1) is 5.92 Å². The molecule has 1 aromatic heterocycles. The molecule has 7 heteroatoms. The van der Waals surface area contributed by atoms with E-state index in [4.69, 9.17) is 9.47 Å². The summed E-state index contributed by atoms with van der Waals surface area (Å²) in [6.07, 6.45) is 4.27. The third-order valence-corrected chi connectivity index (χ3v) is 6.53. The van der Waals surface area contributed by atoms with Gasteiger partial charge < -0.3 is 19.9 Å². The summed E-state index contributed by atoms with van der Waals surface area (Å²) in [5, 5.41) is 16.4. The second-order valence-corrected chi connectivity index (χ2v) is 8.30. The van der Waals surface area contributed by atoms with Gasteiger partial charge in [0.1, 0.15) is 18.4 Å². The van der Waals surface area contributed by atoms with E-state index < -0.39 is 22.9 Å². The lowest BCUT2D eigenvalue weighted by atomic mass is 9.98. The van der Waals surface area contributed by atoms with Crippen LogP contribution < -0.4 is 5.32 Å². The monoisotopic (exact) mass is 364 g/mol. The van der Waals surface area contributed by atoms with Crippen LogP contribution in [0.2, 0.25) is 0 Å². The van der Waals surface area contributed by atoms with Crippen LogP contribution in [-0.2, 0) is 20.9 Å². The van der Waals surface area contributed by atoms with Gasteiger partial charge in [-0.2, -0.15) is 10.9 Å². The average Bonchev–Trinajstić information content (AvgIpc) is 3.22. The van der Waals surface area contributed by atoms with Crippen LogP contribution >= 0.6 is 10.9 Å². The Hall–Kier alpha value is -1.83. The fraction of sp³-hybridized carbons (Fsp3) is 0.444. The molecule has 0 aliphatic carbocycles. The number of aliphatic carboxylic acids is 1.